The monoisotopic (exact) mass is 687 g/mol. The summed E-state index contributed by atoms with van der Waals surface area (Å²) in [6, 6.07) is 10.8. The van der Waals surface area contributed by atoms with Crippen molar-refractivity contribution in [2.75, 3.05) is 6.61 Å². The fourth-order valence-corrected chi connectivity index (χ4v) is 8.89. The van der Waals surface area contributed by atoms with Gasteiger partial charge in [-0.3, -0.25) is 9.59 Å². The molecule has 1 heterocycles. The molecule has 0 spiro atoms. The zero-order valence-electron chi connectivity index (χ0n) is 28.8. The summed E-state index contributed by atoms with van der Waals surface area (Å²) in [4.78, 5) is 31.2. The molecule has 0 aromatic heterocycles. The van der Waals surface area contributed by atoms with E-state index < -0.39 is 5.92 Å². The first kappa shape index (κ1) is 33.1. The maximum absolute atomic E-state index is 14.4. The van der Waals surface area contributed by atoms with E-state index in [2.05, 4.69) is 86.6 Å². The molecule has 46 heavy (non-hydrogen) atoms. The van der Waals surface area contributed by atoms with Gasteiger partial charge in [0.1, 0.15) is 6.61 Å². The predicted octanol–water partition coefficient (Wildman–Crippen LogP) is 10.1. The van der Waals surface area contributed by atoms with Crippen molar-refractivity contribution in [1.29, 1.82) is 0 Å². The van der Waals surface area contributed by atoms with Gasteiger partial charge in [0.05, 0.1) is 11.1 Å². The summed E-state index contributed by atoms with van der Waals surface area (Å²) in [5.41, 5.74) is 8.19. The van der Waals surface area contributed by atoms with Crippen LogP contribution in [0.3, 0.4) is 0 Å². The summed E-state index contributed by atoms with van der Waals surface area (Å²) in [7, 11) is 0. The Bertz CT molecular complexity index is 1570. The first-order valence-electron chi connectivity index (χ1n) is 17.3. The molecular formula is C40H50BrNO4. The van der Waals surface area contributed by atoms with E-state index >= 15 is 0 Å². The van der Waals surface area contributed by atoms with Crippen LogP contribution < -0.4 is 9.47 Å². The highest BCUT2D eigenvalue weighted by molar-refractivity contribution is 9.10. The molecule has 5 nitrogen and oxygen atoms in total. The highest BCUT2D eigenvalue weighted by Crippen LogP contribution is 2.56. The van der Waals surface area contributed by atoms with Gasteiger partial charge in [0.15, 0.2) is 23.1 Å². The minimum Gasteiger partial charge on any atom is -0.490 e. The Hall–Kier alpha value is -2.86. The van der Waals surface area contributed by atoms with Crippen molar-refractivity contribution in [1.82, 2.24) is 4.90 Å². The topological polar surface area (TPSA) is 55.8 Å². The minimum atomic E-state index is -0.415. The van der Waals surface area contributed by atoms with Crippen LogP contribution in [0.2, 0.25) is 0 Å². The average molecular weight is 689 g/mol. The van der Waals surface area contributed by atoms with Crippen molar-refractivity contribution in [3.63, 3.8) is 0 Å². The van der Waals surface area contributed by atoms with Gasteiger partial charge in [-0.2, -0.15) is 0 Å². The zero-order valence-corrected chi connectivity index (χ0v) is 30.4. The summed E-state index contributed by atoms with van der Waals surface area (Å²) in [6.45, 7) is 15.9. The van der Waals surface area contributed by atoms with Crippen molar-refractivity contribution >= 4 is 27.5 Å². The second-order valence-corrected chi connectivity index (χ2v) is 16.5. The van der Waals surface area contributed by atoms with E-state index in [0.717, 1.165) is 63.8 Å². The van der Waals surface area contributed by atoms with Gasteiger partial charge >= 0.3 is 0 Å². The number of benzene rings is 2. The third-order valence-electron chi connectivity index (χ3n) is 10.5. The second-order valence-electron chi connectivity index (χ2n) is 15.7. The molecule has 0 amide bonds. The first-order valence-corrected chi connectivity index (χ1v) is 18.0. The molecule has 1 aliphatic heterocycles. The number of carbonyl (C=O) groups is 2. The van der Waals surface area contributed by atoms with E-state index in [1.165, 1.54) is 30.4 Å². The van der Waals surface area contributed by atoms with E-state index in [9.17, 15) is 9.59 Å². The molecule has 3 aliphatic carbocycles. The maximum Gasteiger partial charge on any atom is 0.175 e. The lowest BCUT2D eigenvalue weighted by Crippen LogP contribution is -2.48. The lowest BCUT2D eigenvalue weighted by molar-refractivity contribution is -0.119. The third kappa shape index (κ3) is 6.35. The van der Waals surface area contributed by atoms with E-state index in [1.54, 1.807) is 0 Å². The van der Waals surface area contributed by atoms with Crippen LogP contribution >= 0.6 is 15.9 Å². The lowest BCUT2D eigenvalue weighted by atomic mass is 9.63. The van der Waals surface area contributed by atoms with Crippen LogP contribution in [0.5, 0.6) is 11.5 Å². The van der Waals surface area contributed by atoms with Crippen LogP contribution in [0.4, 0.5) is 0 Å². The first-order chi connectivity index (χ1) is 21.8. The van der Waals surface area contributed by atoms with E-state index in [-0.39, 0.29) is 22.4 Å². The molecule has 4 aliphatic rings. The highest BCUT2D eigenvalue weighted by Gasteiger charge is 2.50. The van der Waals surface area contributed by atoms with E-state index in [1.807, 2.05) is 13.0 Å². The molecule has 0 unspecified atom stereocenters. The van der Waals surface area contributed by atoms with Gasteiger partial charge in [0.25, 0.3) is 0 Å². The van der Waals surface area contributed by atoms with E-state index in [0.29, 0.717) is 43.6 Å². The predicted molar refractivity (Wildman–Crippen MR) is 187 cm³/mol. The van der Waals surface area contributed by atoms with Gasteiger partial charge in [0, 0.05) is 47.3 Å². The number of ether oxygens (including phenoxy) is 2. The Morgan fingerprint density at radius 2 is 1.41 bits per heavy atom. The molecule has 0 bridgehead atoms. The van der Waals surface area contributed by atoms with Crippen molar-refractivity contribution in [3.8, 4) is 11.5 Å². The Balaban J connectivity index is 1.50. The number of Topliss-reactive ketones (excluding diaryl/α,β-unsaturated/α-hetero) is 2. The molecule has 2 aromatic rings. The largest absolute Gasteiger partial charge is 0.490 e. The Labute approximate surface area is 283 Å². The SMILES string of the molecule is CCOc1cc(C2C3=C(CC(C)(C)CC3=O)N(C3CCCCC3)C3=C2C(=O)CC(C)(C)C3)cc(Br)c1OCc1ccc(C)c(C)c1. The molecule has 1 fully saturated rings. The highest BCUT2D eigenvalue weighted by atomic mass is 79.9. The number of carbonyl (C=O) groups excluding carboxylic acids is 2. The fourth-order valence-electron chi connectivity index (χ4n) is 8.32. The van der Waals surface area contributed by atoms with Crippen LogP contribution in [0, 0.1) is 24.7 Å². The maximum atomic E-state index is 14.4. The number of allylic oxidation sites excluding steroid dienone is 4. The molecule has 2 aromatic carbocycles. The Kier molecular flexibility index (Phi) is 9.08. The van der Waals surface area contributed by atoms with Gasteiger partial charge in [-0.05, 0) is 108 Å². The minimum absolute atomic E-state index is 0.136. The van der Waals surface area contributed by atoms with Crippen molar-refractivity contribution in [3.05, 3.63) is 79.6 Å². The quantitative estimate of drug-likeness (QED) is 0.290. The van der Waals surface area contributed by atoms with Gasteiger partial charge in [-0.15, -0.1) is 0 Å². The van der Waals surface area contributed by atoms with Crippen molar-refractivity contribution < 1.29 is 19.1 Å². The average Bonchev–Trinajstić information content (AvgIpc) is 2.96. The van der Waals surface area contributed by atoms with Crippen LogP contribution in [0.25, 0.3) is 0 Å². The molecular weight excluding hydrogens is 638 g/mol. The van der Waals surface area contributed by atoms with Gasteiger partial charge < -0.3 is 14.4 Å². The molecule has 6 heteroatoms. The lowest BCUT2D eigenvalue weighted by Gasteiger charge is -2.52. The second kappa shape index (κ2) is 12.6. The number of rotatable bonds is 7. The molecule has 0 radical (unpaired) electrons. The van der Waals surface area contributed by atoms with Gasteiger partial charge in [-0.1, -0.05) is 65.2 Å². The number of hydrogen-bond acceptors (Lipinski definition) is 5. The number of nitrogens with zero attached hydrogens (tertiary/aromatic N) is 1. The van der Waals surface area contributed by atoms with Crippen molar-refractivity contribution in [2.24, 2.45) is 10.8 Å². The number of halogens is 1. The van der Waals surface area contributed by atoms with Crippen LogP contribution in [-0.4, -0.2) is 29.1 Å². The van der Waals surface area contributed by atoms with Crippen LogP contribution in [-0.2, 0) is 16.2 Å². The molecule has 0 N–H and O–H groups in total. The Morgan fingerprint density at radius 1 is 0.804 bits per heavy atom. The smallest absolute Gasteiger partial charge is 0.175 e. The van der Waals surface area contributed by atoms with Crippen LogP contribution in [0.15, 0.2) is 57.3 Å². The Morgan fingerprint density at radius 3 is 1.98 bits per heavy atom. The zero-order chi connectivity index (χ0) is 33.0. The number of aryl methyl sites for hydroxylation is 2. The van der Waals surface area contributed by atoms with Gasteiger partial charge in [0.2, 0.25) is 0 Å². The van der Waals surface area contributed by atoms with E-state index in [4.69, 9.17) is 9.47 Å². The summed E-state index contributed by atoms with van der Waals surface area (Å²) in [5.74, 6) is 1.19. The molecule has 0 atom stereocenters. The normalized spacial score (nSPS) is 21.8. The molecule has 6 rings (SSSR count). The molecule has 246 valence electrons. The standard InChI is InChI=1S/C40H50BrNO4/c1-8-45-34-18-27(17-29(41)38(34)46-23-26-15-14-24(2)25(3)16-26)35-36-30(19-39(4,5)21-32(36)43)42(28-12-10-9-11-13-28)31-20-40(6,7)22-33(44)37(31)35/h14-18,28,35H,8-13,19-23H2,1-7H3. The summed E-state index contributed by atoms with van der Waals surface area (Å²) < 4.78 is 13.4. The molecule has 0 saturated heterocycles. The third-order valence-corrected chi connectivity index (χ3v) is 11.1. The number of hydrogen-bond donors (Lipinski definition) is 0. The summed E-state index contributed by atoms with van der Waals surface area (Å²) >= 11 is 3.83. The fraction of sp³-hybridized carbons (Fsp3) is 0.550. The van der Waals surface area contributed by atoms with Crippen LogP contribution in [0.1, 0.15) is 121 Å². The molecule has 1 saturated carbocycles. The van der Waals surface area contributed by atoms with Gasteiger partial charge in [-0.25, -0.2) is 0 Å². The summed E-state index contributed by atoms with van der Waals surface area (Å²) in [5, 5.41) is 0. The summed E-state index contributed by atoms with van der Waals surface area (Å²) in [6.07, 6.45) is 8.50. The number of ketones is 2. The van der Waals surface area contributed by atoms with Crippen molar-refractivity contribution in [2.45, 2.75) is 125 Å².